The molecule has 0 aromatic heterocycles. The summed E-state index contributed by atoms with van der Waals surface area (Å²) in [6, 6.07) is 7.50. The quantitative estimate of drug-likeness (QED) is 0.531. The van der Waals surface area contributed by atoms with Crippen molar-refractivity contribution in [2.45, 2.75) is 12.8 Å². The summed E-state index contributed by atoms with van der Waals surface area (Å²) in [5.74, 6) is 2.43. The summed E-state index contributed by atoms with van der Waals surface area (Å²) in [7, 11) is 6.36. The zero-order valence-electron chi connectivity index (χ0n) is 16.2. The van der Waals surface area contributed by atoms with Gasteiger partial charge in [-0.05, 0) is 75.8 Å². The molecule has 1 aliphatic carbocycles. The third-order valence-corrected chi connectivity index (χ3v) is 5.63. The molecule has 7 heteroatoms. The third-order valence-electron chi connectivity index (χ3n) is 4.76. The molecule has 2 aromatic rings. The van der Waals surface area contributed by atoms with Crippen molar-refractivity contribution in [3.05, 3.63) is 51.0 Å². The minimum atomic E-state index is 0.535. The maximum atomic E-state index is 9.72. The van der Waals surface area contributed by atoms with Gasteiger partial charge in [-0.3, -0.25) is 0 Å². The predicted octanol–water partition coefficient (Wildman–Crippen LogP) is 4.69. The lowest BCUT2D eigenvalue weighted by molar-refractivity contribution is 0.319. The lowest BCUT2D eigenvalue weighted by atomic mass is 9.85. The van der Waals surface area contributed by atoms with Gasteiger partial charge in [-0.15, -0.1) is 0 Å². The van der Waals surface area contributed by atoms with E-state index < -0.39 is 0 Å². The van der Waals surface area contributed by atoms with Crippen molar-refractivity contribution in [1.82, 2.24) is 0 Å². The molecule has 148 valence electrons. The van der Waals surface area contributed by atoms with Gasteiger partial charge in [0, 0.05) is 5.56 Å². The van der Waals surface area contributed by atoms with Gasteiger partial charge in [0.05, 0.1) is 32.9 Å². The van der Waals surface area contributed by atoms with Crippen molar-refractivity contribution in [3.8, 4) is 23.0 Å². The van der Waals surface area contributed by atoms with Gasteiger partial charge in [-0.25, -0.2) is 0 Å². The van der Waals surface area contributed by atoms with Crippen molar-refractivity contribution in [1.29, 1.82) is 0 Å². The first-order valence-corrected chi connectivity index (χ1v) is 9.45. The fourth-order valence-electron chi connectivity index (χ4n) is 3.42. The average molecular weight is 448 g/mol. The molecule has 0 heterocycles. The fourth-order valence-corrected chi connectivity index (χ4v) is 4.13. The summed E-state index contributed by atoms with van der Waals surface area (Å²) in [4.78, 5) is 0. The first-order valence-electron chi connectivity index (χ1n) is 8.66. The summed E-state index contributed by atoms with van der Waals surface area (Å²) in [6.45, 7) is 0. The van der Waals surface area contributed by atoms with E-state index in [1.54, 1.807) is 28.4 Å². The van der Waals surface area contributed by atoms with Crippen LogP contribution in [0.2, 0.25) is 0 Å². The van der Waals surface area contributed by atoms with Crippen LogP contribution in [-0.4, -0.2) is 39.4 Å². The van der Waals surface area contributed by atoms with Gasteiger partial charge in [-0.1, -0.05) is 5.16 Å². The number of oxime groups is 1. The Morgan fingerprint density at radius 2 is 1.57 bits per heavy atom. The van der Waals surface area contributed by atoms with Crippen LogP contribution in [0, 0.1) is 0 Å². The van der Waals surface area contributed by atoms with E-state index in [1.807, 2.05) is 30.3 Å². The highest BCUT2D eigenvalue weighted by Gasteiger charge is 2.24. The molecule has 0 unspecified atom stereocenters. The predicted molar refractivity (Wildman–Crippen MR) is 111 cm³/mol. The fraction of sp³-hybridized carbons (Fsp3) is 0.286. The Morgan fingerprint density at radius 3 is 2.11 bits per heavy atom. The minimum Gasteiger partial charge on any atom is -0.496 e. The van der Waals surface area contributed by atoms with E-state index in [0.29, 0.717) is 23.0 Å². The highest BCUT2D eigenvalue weighted by atomic mass is 79.9. The number of allylic oxidation sites excluding steroid dienone is 1. The topological polar surface area (TPSA) is 69.5 Å². The molecule has 0 saturated heterocycles. The van der Waals surface area contributed by atoms with Gasteiger partial charge < -0.3 is 24.2 Å². The normalized spacial score (nSPS) is 16.0. The molecule has 0 radical (unpaired) electrons. The summed E-state index contributed by atoms with van der Waals surface area (Å²) < 4.78 is 22.5. The first kappa shape index (κ1) is 20.1. The molecule has 0 atom stereocenters. The maximum Gasteiger partial charge on any atom is 0.203 e. The smallest absolute Gasteiger partial charge is 0.203 e. The van der Waals surface area contributed by atoms with E-state index in [4.69, 9.17) is 18.9 Å². The van der Waals surface area contributed by atoms with Gasteiger partial charge in [-0.2, -0.15) is 0 Å². The minimum absolute atomic E-state index is 0.535. The molecule has 6 nitrogen and oxygen atoms in total. The summed E-state index contributed by atoms with van der Waals surface area (Å²) in [5, 5.41) is 13.3. The zero-order chi connectivity index (χ0) is 20.3. The van der Waals surface area contributed by atoms with Crippen LogP contribution in [0.15, 0.2) is 39.5 Å². The summed E-state index contributed by atoms with van der Waals surface area (Å²) >= 11 is 3.60. The Morgan fingerprint density at radius 1 is 0.929 bits per heavy atom. The molecule has 0 fully saturated rings. The molecule has 1 N–H and O–H groups in total. The van der Waals surface area contributed by atoms with E-state index in [2.05, 4.69) is 21.1 Å². The summed E-state index contributed by atoms with van der Waals surface area (Å²) in [6.07, 6.45) is 3.48. The van der Waals surface area contributed by atoms with E-state index in [0.717, 1.165) is 45.3 Å². The van der Waals surface area contributed by atoms with Crippen molar-refractivity contribution < 1.29 is 24.2 Å². The molecular formula is C21H22BrNO5. The molecule has 0 amide bonds. The second-order valence-corrected chi connectivity index (χ2v) is 6.98. The van der Waals surface area contributed by atoms with E-state index in [9.17, 15) is 5.21 Å². The van der Waals surface area contributed by atoms with Gasteiger partial charge in [0.2, 0.25) is 5.75 Å². The van der Waals surface area contributed by atoms with Crippen LogP contribution in [0.1, 0.15) is 23.1 Å². The monoisotopic (exact) mass is 447 g/mol. The van der Waals surface area contributed by atoms with Crippen molar-refractivity contribution in [2.24, 2.45) is 5.16 Å². The average Bonchev–Trinajstić information content (AvgIpc) is 2.73. The van der Waals surface area contributed by atoms with Crippen LogP contribution in [0.3, 0.4) is 0 Å². The molecule has 0 spiro atoms. The van der Waals surface area contributed by atoms with E-state index >= 15 is 0 Å². The number of fused-ring (bicyclic) bond motifs is 1. The first-order chi connectivity index (χ1) is 13.6. The largest absolute Gasteiger partial charge is 0.496 e. The Hall–Kier alpha value is -2.67. The van der Waals surface area contributed by atoms with Gasteiger partial charge in [0.25, 0.3) is 0 Å². The van der Waals surface area contributed by atoms with Crippen LogP contribution in [0.5, 0.6) is 23.0 Å². The molecule has 0 saturated carbocycles. The lowest BCUT2D eigenvalue weighted by Crippen LogP contribution is -2.16. The molecular weight excluding hydrogens is 426 g/mol. The van der Waals surface area contributed by atoms with Crippen LogP contribution in [0.25, 0.3) is 6.08 Å². The van der Waals surface area contributed by atoms with Crippen LogP contribution >= 0.6 is 15.9 Å². The number of nitrogens with zero attached hydrogens (tertiary/aromatic N) is 1. The molecule has 0 aliphatic heterocycles. The Balaban J connectivity index is 2.08. The molecule has 28 heavy (non-hydrogen) atoms. The lowest BCUT2D eigenvalue weighted by Gasteiger charge is -2.22. The SMILES string of the molecule is COc1ccc2c(c1Br)CCC(=C\c1cc(OC)c(OC)c(OC)c1)/C2=N\O. The Kier molecular flexibility index (Phi) is 6.14. The molecule has 2 aromatic carbocycles. The number of ether oxygens (including phenoxy) is 4. The number of rotatable bonds is 5. The number of halogens is 1. The van der Waals surface area contributed by atoms with Gasteiger partial charge in [0.1, 0.15) is 11.5 Å². The molecule has 0 bridgehead atoms. The summed E-state index contributed by atoms with van der Waals surface area (Å²) in [5.41, 5.74) is 4.26. The molecule has 1 aliphatic rings. The Labute approximate surface area is 172 Å². The second-order valence-electron chi connectivity index (χ2n) is 6.18. The Bertz CT molecular complexity index is 927. The van der Waals surface area contributed by atoms with Crippen molar-refractivity contribution in [3.63, 3.8) is 0 Å². The molecule has 3 rings (SSSR count). The highest BCUT2D eigenvalue weighted by molar-refractivity contribution is 9.10. The van der Waals surface area contributed by atoms with Gasteiger partial charge in [0.15, 0.2) is 11.5 Å². The van der Waals surface area contributed by atoms with Crippen LogP contribution in [0.4, 0.5) is 0 Å². The number of hydrogen-bond donors (Lipinski definition) is 1. The standard InChI is InChI=1S/C21H22BrNO5/c1-25-16-8-7-15-14(19(16)22)6-5-13(20(15)23-24)9-12-10-17(26-2)21(28-4)18(11-12)27-3/h7-11,24H,5-6H2,1-4H3/b13-9+,23-20+. The van der Waals surface area contributed by atoms with Gasteiger partial charge >= 0.3 is 0 Å². The van der Waals surface area contributed by atoms with E-state index in [-0.39, 0.29) is 0 Å². The highest BCUT2D eigenvalue weighted by Crippen LogP contribution is 2.40. The van der Waals surface area contributed by atoms with Crippen LogP contribution < -0.4 is 18.9 Å². The van der Waals surface area contributed by atoms with Crippen LogP contribution in [-0.2, 0) is 6.42 Å². The number of hydrogen-bond acceptors (Lipinski definition) is 6. The van der Waals surface area contributed by atoms with E-state index in [1.165, 1.54) is 0 Å². The number of benzene rings is 2. The van der Waals surface area contributed by atoms with Crippen molar-refractivity contribution >= 4 is 27.7 Å². The third kappa shape index (κ3) is 3.54. The second kappa shape index (κ2) is 8.56. The number of methoxy groups -OCH3 is 4. The maximum absolute atomic E-state index is 9.72. The van der Waals surface area contributed by atoms with Crippen molar-refractivity contribution in [2.75, 3.05) is 28.4 Å². The zero-order valence-corrected chi connectivity index (χ0v) is 17.8.